The zero-order chi connectivity index (χ0) is 12.3. The SMILES string of the molecule is COc1ccc(Cl)cc1C(N)CC1CCOC1. The average molecular weight is 256 g/mol. The fraction of sp³-hybridized carbons (Fsp3) is 0.538. The summed E-state index contributed by atoms with van der Waals surface area (Å²) in [5.41, 5.74) is 7.20. The molecule has 0 amide bonds. The van der Waals surface area contributed by atoms with E-state index in [0.717, 1.165) is 37.4 Å². The molecule has 2 N–H and O–H groups in total. The molecule has 1 aromatic rings. The molecule has 2 rings (SSSR count). The number of methoxy groups -OCH3 is 1. The van der Waals surface area contributed by atoms with Crippen LogP contribution >= 0.6 is 11.6 Å². The standard InChI is InChI=1S/C13H18ClNO2/c1-16-13-3-2-10(14)7-11(13)12(15)6-9-4-5-17-8-9/h2-3,7,9,12H,4-6,8,15H2,1H3. The Bertz CT molecular complexity index is 378. The van der Waals surface area contributed by atoms with Gasteiger partial charge in [0.05, 0.1) is 7.11 Å². The Morgan fingerprint density at radius 2 is 2.41 bits per heavy atom. The molecule has 1 heterocycles. The van der Waals surface area contributed by atoms with E-state index in [2.05, 4.69) is 0 Å². The topological polar surface area (TPSA) is 44.5 Å². The van der Waals surface area contributed by atoms with E-state index >= 15 is 0 Å². The molecule has 2 atom stereocenters. The van der Waals surface area contributed by atoms with Crippen molar-refractivity contribution in [3.05, 3.63) is 28.8 Å². The summed E-state index contributed by atoms with van der Waals surface area (Å²) in [6, 6.07) is 5.52. The zero-order valence-electron chi connectivity index (χ0n) is 9.99. The Morgan fingerprint density at radius 1 is 1.59 bits per heavy atom. The molecule has 1 fully saturated rings. The van der Waals surface area contributed by atoms with E-state index in [0.29, 0.717) is 10.9 Å². The number of hydrogen-bond donors (Lipinski definition) is 1. The number of benzene rings is 1. The maximum Gasteiger partial charge on any atom is 0.123 e. The van der Waals surface area contributed by atoms with Crippen LogP contribution in [0, 0.1) is 5.92 Å². The van der Waals surface area contributed by atoms with Crippen molar-refractivity contribution in [3.8, 4) is 5.75 Å². The van der Waals surface area contributed by atoms with Crippen LogP contribution in [0.2, 0.25) is 5.02 Å². The van der Waals surface area contributed by atoms with Gasteiger partial charge in [-0.1, -0.05) is 11.6 Å². The Morgan fingerprint density at radius 3 is 3.06 bits per heavy atom. The van der Waals surface area contributed by atoms with Crippen LogP contribution in [0.5, 0.6) is 5.75 Å². The molecule has 2 unspecified atom stereocenters. The largest absolute Gasteiger partial charge is 0.496 e. The van der Waals surface area contributed by atoms with Crippen LogP contribution in [0.1, 0.15) is 24.4 Å². The predicted molar refractivity (Wildman–Crippen MR) is 68.5 cm³/mol. The number of rotatable bonds is 4. The minimum atomic E-state index is -0.0460. The lowest BCUT2D eigenvalue weighted by Gasteiger charge is -2.18. The number of halogens is 1. The lowest BCUT2D eigenvalue weighted by atomic mass is 9.94. The summed E-state index contributed by atoms with van der Waals surface area (Å²) < 4.78 is 10.7. The van der Waals surface area contributed by atoms with Gasteiger partial charge < -0.3 is 15.2 Å². The first-order chi connectivity index (χ1) is 8.20. The van der Waals surface area contributed by atoms with Gasteiger partial charge in [-0.2, -0.15) is 0 Å². The van der Waals surface area contributed by atoms with Crippen LogP contribution in [0.15, 0.2) is 18.2 Å². The van der Waals surface area contributed by atoms with Crippen LogP contribution < -0.4 is 10.5 Å². The summed E-state index contributed by atoms with van der Waals surface area (Å²) in [5, 5.41) is 0.693. The molecule has 0 spiro atoms. The fourth-order valence-corrected chi connectivity index (χ4v) is 2.43. The maximum absolute atomic E-state index is 6.23. The third-order valence-electron chi connectivity index (χ3n) is 3.20. The van der Waals surface area contributed by atoms with Gasteiger partial charge >= 0.3 is 0 Å². The number of hydrogen-bond acceptors (Lipinski definition) is 3. The first-order valence-electron chi connectivity index (χ1n) is 5.87. The molecule has 0 aliphatic carbocycles. The van der Waals surface area contributed by atoms with E-state index in [9.17, 15) is 0 Å². The molecule has 1 aliphatic rings. The third kappa shape index (κ3) is 3.12. The molecule has 17 heavy (non-hydrogen) atoms. The van der Waals surface area contributed by atoms with Crippen LogP contribution in [0.3, 0.4) is 0 Å². The highest BCUT2D eigenvalue weighted by molar-refractivity contribution is 6.30. The Hall–Kier alpha value is -0.770. The van der Waals surface area contributed by atoms with E-state index in [1.54, 1.807) is 7.11 Å². The first-order valence-corrected chi connectivity index (χ1v) is 6.25. The second-order valence-electron chi connectivity index (χ2n) is 4.46. The maximum atomic E-state index is 6.23. The highest BCUT2D eigenvalue weighted by Crippen LogP contribution is 2.32. The van der Waals surface area contributed by atoms with Crippen molar-refractivity contribution in [3.63, 3.8) is 0 Å². The van der Waals surface area contributed by atoms with E-state index in [4.69, 9.17) is 26.8 Å². The summed E-state index contributed by atoms with van der Waals surface area (Å²) >= 11 is 6.00. The average Bonchev–Trinajstić information content (AvgIpc) is 2.81. The summed E-state index contributed by atoms with van der Waals surface area (Å²) in [7, 11) is 1.65. The van der Waals surface area contributed by atoms with Crippen molar-refractivity contribution in [1.29, 1.82) is 0 Å². The molecule has 0 radical (unpaired) electrons. The fourth-order valence-electron chi connectivity index (χ4n) is 2.25. The van der Waals surface area contributed by atoms with Crippen molar-refractivity contribution in [2.24, 2.45) is 11.7 Å². The minimum absolute atomic E-state index is 0.0460. The van der Waals surface area contributed by atoms with E-state index in [1.165, 1.54) is 0 Å². The lowest BCUT2D eigenvalue weighted by molar-refractivity contribution is 0.182. The Labute approximate surface area is 107 Å². The van der Waals surface area contributed by atoms with E-state index < -0.39 is 0 Å². The molecule has 3 nitrogen and oxygen atoms in total. The van der Waals surface area contributed by atoms with Gasteiger partial charge in [-0.3, -0.25) is 0 Å². The van der Waals surface area contributed by atoms with Gasteiger partial charge in [0.1, 0.15) is 5.75 Å². The third-order valence-corrected chi connectivity index (χ3v) is 3.44. The first kappa shape index (κ1) is 12.7. The molecule has 1 aliphatic heterocycles. The summed E-state index contributed by atoms with van der Waals surface area (Å²) in [6.45, 7) is 1.67. The molecule has 0 aromatic heterocycles. The number of ether oxygens (including phenoxy) is 2. The van der Waals surface area contributed by atoms with Crippen LogP contribution in [-0.2, 0) is 4.74 Å². The monoisotopic (exact) mass is 255 g/mol. The molecular formula is C13H18ClNO2. The van der Waals surface area contributed by atoms with Gasteiger partial charge in [0.15, 0.2) is 0 Å². The van der Waals surface area contributed by atoms with Gasteiger partial charge in [0, 0.05) is 29.8 Å². The highest BCUT2D eigenvalue weighted by atomic mass is 35.5. The van der Waals surface area contributed by atoms with Gasteiger partial charge in [-0.05, 0) is 37.0 Å². The molecular weight excluding hydrogens is 238 g/mol. The van der Waals surface area contributed by atoms with Gasteiger partial charge in [0.25, 0.3) is 0 Å². The van der Waals surface area contributed by atoms with Crippen molar-refractivity contribution in [2.45, 2.75) is 18.9 Å². The molecule has 1 aromatic carbocycles. The van der Waals surface area contributed by atoms with Crippen molar-refractivity contribution in [2.75, 3.05) is 20.3 Å². The predicted octanol–water partition coefficient (Wildman–Crippen LogP) is 2.78. The summed E-state index contributed by atoms with van der Waals surface area (Å²) in [5.74, 6) is 1.36. The van der Waals surface area contributed by atoms with Crippen molar-refractivity contribution < 1.29 is 9.47 Å². The van der Waals surface area contributed by atoms with E-state index in [1.807, 2.05) is 18.2 Å². The van der Waals surface area contributed by atoms with Crippen LogP contribution in [0.25, 0.3) is 0 Å². The Kier molecular flexibility index (Phi) is 4.26. The molecule has 0 saturated carbocycles. The smallest absolute Gasteiger partial charge is 0.123 e. The second kappa shape index (κ2) is 5.71. The number of nitrogens with two attached hydrogens (primary N) is 1. The van der Waals surface area contributed by atoms with Gasteiger partial charge in [-0.15, -0.1) is 0 Å². The molecule has 1 saturated heterocycles. The van der Waals surface area contributed by atoms with Crippen LogP contribution in [-0.4, -0.2) is 20.3 Å². The van der Waals surface area contributed by atoms with Crippen LogP contribution in [0.4, 0.5) is 0 Å². The molecule has 0 bridgehead atoms. The lowest BCUT2D eigenvalue weighted by Crippen LogP contribution is -2.16. The van der Waals surface area contributed by atoms with E-state index in [-0.39, 0.29) is 6.04 Å². The summed E-state index contributed by atoms with van der Waals surface area (Å²) in [6.07, 6.45) is 2.01. The van der Waals surface area contributed by atoms with Gasteiger partial charge in [0.2, 0.25) is 0 Å². The zero-order valence-corrected chi connectivity index (χ0v) is 10.7. The second-order valence-corrected chi connectivity index (χ2v) is 4.89. The van der Waals surface area contributed by atoms with Gasteiger partial charge in [-0.25, -0.2) is 0 Å². The minimum Gasteiger partial charge on any atom is -0.496 e. The van der Waals surface area contributed by atoms with Crippen molar-refractivity contribution in [1.82, 2.24) is 0 Å². The molecule has 4 heteroatoms. The highest BCUT2D eigenvalue weighted by Gasteiger charge is 2.21. The quantitative estimate of drug-likeness (QED) is 0.900. The van der Waals surface area contributed by atoms with Crippen molar-refractivity contribution >= 4 is 11.6 Å². The Balaban J connectivity index is 2.11. The molecule has 94 valence electrons. The normalized spacial score (nSPS) is 21.5. The summed E-state index contributed by atoms with van der Waals surface area (Å²) in [4.78, 5) is 0.